The van der Waals surface area contributed by atoms with Crippen molar-refractivity contribution in [3.63, 3.8) is 0 Å². The highest BCUT2D eigenvalue weighted by Gasteiger charge is 2.22. The second kappa shape index (κ2) is 9.50. The Bertz CT molecular complexity index is 1350. The fraction of sp³-hybridized carbons (Fsp3) is 0.222. The Balaban J connectivity index is 1.26. The number of aromatic nitrogens is 3. The van der Waals surface area contributed by atoms with Gasteiger partial charge in [-0.1, -0.05) is 30.3 Å². The van der Waals surface area contributed by atoms with Gasteiger partial charge in [0.05, 0.1) is 5.69 Å². The largest absolute Gasteiger partial charge is 0.508 e. The number of hydrogen-bond donors (Lipinski definition) is 1. The molecule has 1 fully saturated rings. The number of ketones is 1. The number of piperazine rings is 1. The van der Waals surface area contributed by atoms with Crippen LogP contribution in [0.15, 0.2) is 90.0 Å². The van der Waals surface area contributed by atoms with Crippen LogP contribution in [0.25, 0.3) is 5.69 Å². The Morgan fingerprint density at radius 2 is 1.31 bits per heavy atom. The SMILES string of the molecule is CC(C(=O)c1ccccc1)n1ncn(-c2ccc(N3CCN(c4ccc(O)cc4)CC3)cc2)c1=O. The summed E-state index contributed by atoms with van der Waals surface area (Å²) in [5.41, 5.74) is 3.10. The van der Waals surface area contributed by atoms with Crippen LogP contribution in [0.5, 0.6) is 5.75 Å². The minimum Gasteiger partial charge on any atom is -0.508 e. The molecule has 35 heavy (non-hydrogen) atoms. The molecule has 0 saturated carbocycles. The third kappa shape index (κ3) is 4.55. The quantitative estimate of drug-likeness (QED) is 0.435. The van der Waals surface area contributed by atoms with Gasteiger partial charge in [0.25, 0.3) is 0 Å². The van der Waals surface area contributed by atoms with Crippen LogP contribution in [0.3, 0.4) is 0 Å². The van der Waals surface area contributed by atoms with Crippen molar-refractivity contribution in [2.45, 2.75) is 13.0 Å². The smallest absolute Gasteiger partial charge is 0.351 e. The summed E-state index contributed by atoms with van der Waals surface area (Å²) in [6, 6.07) is 23.3. The van der Waals surface area contributed by atoms with Crippen LogP contribution < -0.4 is 15.5 Å². The Morgan fingerprint density at radius 3 is 1.89 bits per heavy atom. The highest BCUT2D eigenvalue weighted by atomic mass is 16.3. The molecule has 5 rings (SSSR count). The monoisotopic (exact) mass is 469 g/mol. The molecule has 4 aromatic rings. The van der Waals surface area contributed by atoms with Crippen molar-refractivity contribution in [3.05, 3.63) is 101 Å². The van der Waals surface area contributed by atoms with E-state index in [-0.39, 0.29) is 17.2 Å². The van der Waals surface area contributed by atoms with Gasteiger partial charge in [-0.25, -0.2) is 14.0 Å². The van der Waals surface area contributed by atoms with Crippen LogP contribution in [-0.4, -0.2) is 51.4 Å². The van der Waals surface area contributed by atoms with E-state index in [4.69, 9.17) is 0 Å². The van der Waals surface area contributed by atoms with Gasteiger partial charge < -0.3 is 14.9 Å². The van der Waals surface area contributed by atoms with Gasteiger partial charge in [0.1, 0.15) is 18.1 Å². The maximum atomic E-state index is 13.0. The van der Waals surface area contributed by atoms with Crippen LogP contribution >= 0.6 is 0 Å². The molecule has 1 unspecified atom stereocenters. The van der Waals surface area contributed by atoms with Crippen LogP contribution in [0.1, 0.15) is 23.3 Å². The number of carbonyl (C=O) groups is 1. The summed E-state index contributed by atoms with van der Waals surface area (Å²) in [5, 5.41) is 13.7. The second-order valence-corrected chi connectivity index (χ2v) is 8.64. The van der Waals surface area contributed by atoms with Gasteiger partial charge in [0.2, 0.25) is 0 Å². The summed E-state index contributed by atoms with van der Waals surface area (Å²) in [6.45, 7) is 5.20. The molecular weight excluding hydrogens is 442 g/mol. The fourth-order valence-corrected chi connectivity index (χ4v) is 4.42. The van der Waals surface area contributed by atoms with Crippen molar-refractivity contribution in [1.29, 1.82) is 0 Å². The highest BCUT2D eigenvalue weighted by molar-refractivity contribution is 5.98. The van der Waals surface area contributed by atoms with Crippen LogP contribution in [0.2, 0.25) is 0 Å². The minimum atomic E-state index is -0.699. The first kappa shape index (κ1) is 22.5. The fourth-order valence-electron chi connectivity index (χ4n) is 4.42. The number of phenols is 1. The first-order valence-electron chi connectivity index (χ1n) is 11.7. The van der Waals surface area contributed by atoms with Gasteiger partial charge >= 0.3 is 5.69 Å². The third-order valence-corrected chi connectivity index (χ3v) is 6.49. The van der Waals surface area contributed by atoms with Gasteiger partial charge in [-0.15, -0.1) is 0 Å². The van der Waals surface area contributed by atoms with Gasteiger partial charge in [-0.3, -0.25) is 4.79 Å². The summed E-state index contributed by atoms with van der Waals surface area (Å²) < 4.78 is 2.69. The normalized spacial score (nSPS) is 14.7. The van der Waals surface area contributed by atoms with Crippen molar-refractivity contribution >= 4 is 17.2 Å². The van der Waals surface area contributed by atoms with Crippen LogP contribution in [-0.2, 0) is 0 Å². The number of rotatable bonds is 6. The van der Waals surface area contributed by atoms with Crippen molar-refractivity contribution in [2.75, 3.05) is 36.0 Å². The summed E-state index contributed by atoms with van der Waals surface area (Å²) in [5.74, 6) is 0.120. The number of phenolic OH excluding ortho intramolecular Hbond substituents is 1. The molecule has 1 N–H and O–H groups in total. The first-order chi connectivity index (χ1) is 17.0. The molecule has 0 bridgehead atoms. The van der Waals surface area contributed by atoms with Crippen LogP contribution in [0.4, 0.5) is 11.4 Å². The number of aromatic hydroxyl groups is 1. The number of benzene rings is 3. The number of nitrogens with zero attached hydrogens (tertiary/aromatic N) is 5. The molecule has 0 aliphatic carbocycles. The van der Waals surface area contributed by atoms with Crippen molar-refractivity contribution < 1.29 is 9.90 Å². The molecule has 1 aromatic heterocycles. The Labute approximate surface area is 203 Å². The number of anilines is 2. The van der Waals surface area contributed by atoms with Crippen molar-refractivity contribution in [1.82, 2.24) is 14.3 Å². The summed E-state index contributed by atoms with van der Waals surface area (Å²) in [6.07, 6.45) is 1.46. The molecule has 1 saturated heterocycles. The molecule has 0 spiro atoms. The standard InChI is InChI=1S/C27H27N5O3/c1-20(26(34)21-5-3-2-4-6-21)32-27(35)31(19-28-32)24-9-7-22(8-10-24)29-15-17-30(18-16-29)23-11-13-25(33)14-12-23/h2-14,19-20,33H,15-18H2,1H3. The zero-order valence-electron chi connectivity index (χ0n) is 19.5. The molecule has 2 heterocycles. The lowest BCUT2D eigenvalue weighted by Gasteiger charge is -2.37. The second-order valence-electron chi connectivity index (χ2n) is 8.64. The molecule has 3 aromatic carbocycles. The molecule has 1 aliphatic rings. The molecule has 1 aliphatic heterocycles. The average molecular weight is 470 g/mol. The maximum Gasteiger partial charge on any atom is 0.351 e. The molecule has 178 valence electrons. The van der Waals surface area contributed by atoms with E-state index >= 15 is 0 Å². The average Bonchev–Trinajstić information content (AvgIpc) is 3.30. The zero-order chi connectivity index (χ0) is 24.4. The highest BCUT2D eigenvalue weighted by Crippen LogP contribution is 2.23. The van der Waals surface area contributed by atoms with E-state index in [0.717, 1.165) is 37.6 Å². The van der Waals surface area contributed by atoms with Gasteiger partial charge in [0, 0.05) is 43.1 Å². The lowest BCUT2D eigenvalue weighted by Crippen LogP contribution is -2.46. The van der Waals surface area contributed by atoms with E-state index < -0.39 is 6.04 Å². The van der Waals surface area contributed by atoms with E-state index in [1.54, 1.807) is 43.3 Å². The third-order valence-electron chi connectivity index (χ3n) is 6.49. The van der Waals surface area contributed by atoms with E-state index in [1.807, 2.05) is 42.5 Å². The summed E-state index contributed by atoms with van der Waals surface area (Å²) >= 11 is 0. The van der Waals surface area contributed by atoms with E-state index in [0.29, 0.717) is 11.3 Å². The Hall–Kier alpha value is -4.33. The van der Waals surface area contributed by atoms with Crippen LogP contribution in [0, 0.1) is 0 Å². The number of hydrogen-bond acceptors (Lipinski definition) is 6. The number of carbonyl (C=O) groups excluding carboxylic acids is 1. The maximum absolute atomic E-state index is 13.0. The molecule has 0 radical (unpaired) electrons. The van der Waals surface area contributed by atoms with Crippen molar-refractivity contribution in [2.24, 2.45) is 0 Å². The molecular formula is C27H27N5O3. The van der Waals surface area contributed by atoms with Gasteiger partial charge in [-0.2, -0.15) is 5.10 Å². The Kier molecular flexibility index (Phi) is 6.10. The lowest BCUT2D eigenvalue weighted by atomic mass is 10.1. The molecule has 8 nitrogen and oxygen atoms in total. The lowest BCUT2D eigenvalue weighted by molar-refractivity contribution is 0.0925. The van der Waals surface area contributed by atoms with E-state index in [1.165, 1.54) is 15.6 Å². The molecule has 8 heteroatoms. The molecule has 1 atom stereocenters. The summed E-state index contributed by atoms with van der Waals surface area (Å²) in [7, 11) is 0. The van der Waals surface area contributed by atoms with Crippen molar-refractivity contribution in [3.8, 4) is 11.4 Å². The van der Waals surface area contributed by atoms with Gasteiger partial charge in [-0.05, 0) is 55.5 Å². The Morgan fingerprint density at radius 1 is 0.800 bits per heavy atom. The minimum absolute atomic E-state index is 0.153. The predicted molar refractivity (Wildman–Crippen MR) is 136 cm³/mol. The topological polar surface area (TPSA) is 83.6 Å². The first-order valence-corrected chi connectivity index (χ1v) is 11.7. The van der Waals surface area contributed by atoms with Gasteiger partial charge in [0.15, 0.2) is 5.78 Å². The predicted octanol–water partition coefficient (Wildman–Crippen LogP) is 3.51. The van der Waals surface area contributed by atoms with E-state index in [2.05, 4.69) is 14.9 Å². The summed E-state index contributed by atoms with van der Waals surface area (Å²) in [4.78, 5) is 30.4. The number of Topliss-reactive ketones (excluding diaryl/α,β-unsaturated/α-hetero) is 1. The molecule has 0 amide bonds. The zero-order valence-corrected chi connectivity index (χ0v) is 19.5. The van der Waals surface area contributed by atoms with E-state index in [9.17, 15) is 14.7 Å².